The van der Waals surface area contributed by atoms with Crippen molar-refractivity contribution < 1.29 is 27.5 Å². The summed E-state index contributed by atoms with van der Waals surface area (Å²) in [5.74, 6) is 0.179. The minimum absolute atomic E-state index is 0.0301. The number of halogens is 3. The van der Waals surface area contributed by atoms with E-state index < -0.39 is 11.7 Å². The van der Waals surface area contributed by atoms with Gasteiger partial charge >= 0.3 is 6.18 Å². The van der Waals surface area contributed by atoms with Crippen molar-refractivity contribution in [3.63, 3.8) is 0 Å². The molecule has 0 spiro atoms. The zero-order valence-corrected chi connectivity index (χ0v) is 16.0. The van der Waals surface area contributed by atoms with Crippen LogP contribution in [-0.4, -0.2) is 32.0 Å². The van der Waals surface area contributed by atoms with Gasteiger partial charge in [-0.05, 0) is 44.9 Å². The second kappa shape index (κ2) is 11.5. The minimum Gasteiger partial charge on any atom is -0.465 e. The molecule has 1 aromatic carbocycles. The predicted molar refractivity (Wildman–Crippen MR) is 96.3 cm³/mol. The van der Waals surface area contributed by atoms with Crippen molar-refractivity contribution in [2.45, 2.75) is 59.2 Å². The van der Waals surface area contributed by atoms with Gasteiger partial charge in [0, 0.05) is 32.1 Å². The summed E-state index contributed by atoms with van der Waals surface area (Å²) in [6.45, 7) is 7.87. The number of anilines is 1. The summed E-state index contributed by atoms with van der Waals surface area (Å²) in [5, 5.41) is 0. The molecule has 0 heterocycles. The predicted octanol–water partition coefficient (Wildman–Crippen LogP) is 4.78. The highest BCUT2D eigenvalue weighted by molar-refractivity contribution is 5.77. The van der Waals surface area contributed by atoms with Crippen LogP contribution in [0.4, 0.5) is 18.9 Å². The molecule has 0 aliphatic rings. The second-order valence-electron chi connectivity index (χ2n) is 6.20. The Balaban J connectivity index is 0.000000896. The van der Waals surface area contributed by atoms with Crippen LogP contribution in [-0.2, 0) is 20.5 Å². The number of hydrogen-bond acceptors (Lipinski definition) is 4. The highest BCUT2D eigenvalue weighted by atomic mass is 19.4. The number of Topliss-reactive ketones (excluding diaryl/α,β-unsaturated/α-hetero) is 1. The molecule has 0 fully saturated rings. The molecule has 0 aliphatic heterocycles. The van der Waals surface area contributed by atoms with E-state index in [0.717, 1.165) is 6.07 Å². The highest BCUT2D eigenvalue weighted by Gasteiger charge is 2.32. The third-order valence-corrected chi connectivity index (χ3v) is 3.64. The molecule has 0 aromatic heterocycles. The Morgan fingerprint density at radius 3 is 2.35 bits per heavy atom. The monoisotopic (exact) mass is 375 g/mol. The molecule has 148 valence electrons. The second-order valence-corrected chi connectivity index (χ2v) is 6.20. The Kier molecular flexibility index (Phi) is 10.6. The van der Waals surface area contributed by atoms with E-state index in [0.29, 0.717) is 38.0 Å². The third kappa shape index (κ3) is 9.44. The van der Waals surface area contributed by atoms with Crippen molar-refractivity contribution in [1.82, 2.24) is 0 Å². The van der Waals surface area contributed by atoms with Gasteiger partial charge in [0.15, 0.2) is 0 Å². The molecule has 1 rings (SSSR count). The molecular weight excluding hydrogens is 347 g/mol. The smallest absolute Gasteiger partial charge is 0.416 e. The molecular formula is C19H28F3NO3. The molecule has 0 bridgehead atoms. The van der Waals surface area contributed by atoms with Crippen molar-refractivity contribution in [3.8, 4) is 0 Å². The molecule has 4 nitrogen and oxygen atoms in total. The molecule has 0 N–H and O–H groups in total. The average molecular weight is 375 g/mol. The standard InChI is InChI=1S/C15H20F3NO.C4H8O2/c1-4-13(20)6-5-9-19(3)12-8-7-11(2)14(10-12)15(16,17)18;1-4(2)6-3-5/h7-8,10H,4-6,9H2,1-3H3;3-4H,1-2H3. The summed E-state index contributed by atoms with van der Waals surface area (Å²) in [4.78, 5) is 22.3. The van der Waals surface area contributed by atoms with Gasteiger partial charge in [-0.2, -0.15) is 13.2 Å². The number of carbonyl (C=O) groups excluding carboxylic acids is 2. The average Bonchev–Trinajstić information content (AvgIpc) is 2.54. The Morgan fingerprint density at radius 2 is 1.92 bits per heavy atom. The van der Waals surface area contributed by atoms with Crippen LogP contribution in [0, 0.1) is 6.92 Å². The Morgan fingerprint density at radius 1 is 1.31 bits per heavy atom. The first kappa shape index (κ1) is 23.9. The van der Waals surface area contributed by atoms with E-state index >= 15 is 0 Å². The van der Waals surface area contributed by atoms with Crippen LogP contribution in [0.3, 0.4) is 0 Å². The van der Waals surface area contributed by atoms with Crippen molar-refractivity contribution in [3.05, 3.63) is 29.3 Å². The van der Waals surface area contributed by atoms with Gasteiger partial charge in [-0.3, -0.25) is 9.59 Å². The van der Waals surface area contributed by atoms with E-state index in [1.54, 1.807) is 31.9 Å². The third-order valence-electron chi connectivity index (χ3n) is 3.64. The number of ether oxygens (including phenoxy) is 1. The molecule has 0 saturated carbocycles. The first-order valence-electron chi connectivity index (χ1n) is 8.52. The minimum atomic E-state index is -4.33. The maximum atomic E-state index is 12.8. The van der Waals surface area contributed by atoms with Gasteiger partial charge < -0.3 is 9.64 Å². The van der Waals surface area contributed by atoms with E-state index in [-0.39, 0.29) is 17.5 Å². The quantitative estimate of drug-likeness (QED) is 0.614. The number of rotatable bonds is 8. The van der Waals surface area contributed by atoms with E-state index in [2.05, 4.69) is 4.74 Å². The topological polar surface area (TPSA) is 46.6 Å². The van der Waals surface area contributed by atoms with E-state index in [9.17, 15) is 22.8 Å². The first-order valence-corrected chi connectivity index (χ1v) is 8.52. The molecule has 0 radical (unpaired) electrons. The number of ketones is 1. The number of benzene rings is 1. The fourth-order valence-electron chi connectivity index (χ4n) is 2.08. The van der Waals surface area contributed by atoms with Crippen LogP contribution >= 0.6 is 0 Å². The van der Waals surface area contributed by atoms with E-state index in [1.165, 1.54) is 13.0 Å². The fourth-order valence-corrected chi connectivity index (χ4v) is 2.08. The van der Waals surface area contributed by atoms with Crippen molar-refractivity contribution in [1.29, 1.82) is 0 Å². The maximum absolute atomic E-state index is 12.8. The van der Waals surface area contributed by atoms with Crippen molar-refractivity contribution in [2.24, 2.45) is 0 Å². The van der Waals surface area contributed by atoms with Crippen molar-refractivity contribution >= 4 is 17.9 Å². The zero-order valence-electron chi connectivity index (χ0n) is 16.0. The summed E-state index contributed by atoms with van der Waals surface area (Å²) in [6.07, 6.45) is -2.68. The Hall–Kier alpha value is -2.05. The lowest BCUT2D eigenvalue weighted by Gasteiger charge is -2.21. The summed E-state index contributed by atoms with van der Waals surface area (Å²) in [7, 11) is 1.74. The van der Waals surface area contributed by atoms with Gasteiger partial charge in [-0.25, -0.2) is 0 Å². The van der Waals surface area contributed by atoms with Crippen molar-refractivity contribution in [2.75, 3.05) is 18.5 Å². The number of alkyl halides is 3. The van der Waals surface area contributed by atoms with Gasteiger partial charge in [-0.1, -0.05) is 13.0 Å². The van der Waals surface area contributed by atoms with E-state index in [4.69, 9.17) is 0 Å². The normalized spacial score (nSPS) is 10.8. The lowest BCUT2D eigenvalue weighted by atomic mass is 10.1. The number of nitrogens with zero attached hydrogens (tertiary/aromatic N) is 1. The number of hydrogen-bond donors (Lipinski definition) is 0. The van der Waals surface area contributed by atoms with Gasteiger partial charge in [0.25, 0.3) is 6.47 Å². The summed E-state index contributed by atoms with van der Waals surface area (Å²) in [5.41, 5.74) is 0.133. The first-order chi connectivity index (χ1) is 12.0. The molecule has 1 aromatic rings. The lowest BCUT2D eigenvalue weighted by Crippen LogP contribution is -2.20. The Labute approximate surface area is 153 Å². The van der Waals surface area contributed by atoms with Gasteiger partial charge in [-0.15, -0.1) is 0 Å². The fraction of sp³-hybridized carbons (Fsp3) is 0.579. The Bertz CT molecular complexity index is 572. The SMILES string of the molecule is CC(C)OC=O.CCC(=O)CCCN(C)c1ccc(C)c(C(F)(F)F)c1. The number of aryl methyl sites for hydroxylation is 1. The largest absolute Gasteiger partial charge is 0.465 e. The molecule has 26 heavy (non-hydrogen) atoms. The van der Waals surface area contributed by atoms with Crippen LogP contribution in [0.1, 0.15) is 51.2 Å². The lowest BCUT2D eigenvalue weighted by molar-refractivity contribution is -0.138. The van der Waals surface area contributed by atoms with Gasteiger partial charge in [0.05, 0.1) is 11.7 Å². The molecule has 0 saturated heterocycles. The summed E-state index contributed by atoms with van der Waals surface area (Å²) >= 11 is 0. The number of carbonyl (C=O) groups is 2. The van der Waals surface area contributed by atoms with Crippen LogP contribution in [0.25, 0.3) is 0 Å². The molecule has 0 atom stereocenters. The maximum Gasteiger partial charge on any atom is 0.416 e. The molecule has 0 aliphatic carbocycles. The highest BCUT2D eigenvalue weighted by Crippen LogP contribution is 2.34. The van der Waals surface area contributed by atoms with E-state index in [1.807, 2.05) is 6.92 Å². The van der Waals surface area contributed by atoms with Crippen LogP contribution in [0.2, 0.25) is 0 Å². The van der Waals surface area contributed by atoms with Crippen LogP contribution in [0.15, 0.2) is 18.2 Å². The van der Waals surface area contributed by atoms with Gasteiger partial charge in [0.1, 0.15) is 5.78 Å². The summed E-state index contributed by atoms with van der Waals surface area (Å²) < 4.78 is 42.9. The van der Waals surface area contributed by atoms with Gasteiger partial charge in [0.2, 0.25) is 0 Å². The summed E-state index contributed by atoms with van der Waals surface area (Å²) in [6, 6.07) is 4.31. The van der Waals surface area contributed by atoms with Crippen LogP contribution in [0.5, 0.6) is 0 Å². The molecule has 0 unspecified atom stereocenters. The molecule has 0 amide bonds. The zero-order chi connectivity index (χ0) is 20.3. The molecule has 7 heteroatoms. The van der Waals surface area contributed by atoms with Crippen LogP contribution < -0.4 is 4.90 Å².